The van der Waals surface area contributed by atoms with Crippen molar-refractivity contribution < 1.29 is 18.3 Å². The Labute approximate surface area is 200 Å². The van der Waals surface area contributed by atoms with Crippen LogP contribution in [0.25, 0.3) is 33.6 Å². The number of fused-ring (bicyclic) bond motifs is 3. The third-order valence-electron chi connectivity index (χ3n) is 5.70. The van der Waals surface area contributed by atoms with Crippen LogP contribution in [0.1, 0.15) is 11.3 Å². The lowest BCUT2D eigenvalue weighted by atomic mass is 10.1. The highest BCUT2D eigenvalue weighted by atomic mass is 19.1. The molecule has 35 heavy (non-hydrogen) atoms. The van der Waals surface area contributed by atoms with E-state index in [2.05, 4.69) is 27.0 Å². The van der Waals surface area contributed by atoms with Crippen LogP contribution in [0.3, 0.4) is 0 Å². The number of methoxy groups -OCH3 is 1. The number of benzene rings is 3. The molecule has 0 aliphatic heterocycles. The van der Waals surface area contributed by atoms with Crippen LogP contribution in [0, 0.1) is 11.6 Å². The number of carbonyl (C=O) groups excluding carboxylic acids is 1. The summed E-state index contributed by atoms with van der Waals surface area (Å²) in [6.07, 6.45) is 4.40. The lowest BCUT2D eigenvalue weighted by Crippen LogP contribution is -2.20. The molecule has 0 unspecified atom stereocenters. The van der Waals surface area contributed by atoms with Gasteiger partial charge in [-0.3, -0.25) is 9.78 Å². The molecular formula is C28H21F2N3O2. The number of ether oxygens (including phenoxy) is 1. The van der Waals surface area contributed by atoms with Crippen LogP contribution < -0.4 is 10.1 Å². The zero-order chi connectivity index (χ0) is 24.4. The highest BCUT2D eigenvalue weighted by Crippen LogP contribution is 2.32. The maximum Gasteiger partial charge on any atom is 0.244 e. The summed E-state index contributed by atoms with van der Waals surface area (Å²) in [6, 6.07) is 21.0. The molecule has 0 bridgehead atoms. The van der Waals surface area contributed by atoms with Gasteiger partial charge in [0.2, 0.25) is 5.91 Å². The van der Waals surface area contributed by atoms with Gasteiger partial charge in [-0.05, 0) is 60.2 Å². The minimum atomic E-state index is -0.698. The van der Waals surface area contributed by atoms with Crippen molar-refractivity contribution >= 4 is 33.8 Å². The number of hydrogen-bond acceptors (Lipinski definition) is 3. The Morgan fingerprint density at radius 2 is 1.71 bits per heavy atom. The van der Waals surface area contributed by atoms with Crippen molar-refractivity contribution in [3.05, 3.63) is 108 Å². The van der Waals surface area contributed by atoms with Crippen LogP contribution in [0.2, 0.25) is 0 Å². The Bertz CT molecular complexity index is 1550. The van der Waals surface area contributed by atoms with Crippen molar-refractivity contribution in [1.29, 1.82) is 0 Å². The number of rotatable bonds is 6. The molecule has 1 N–H and O–H groups in total. The van der Waals surface area contributed by atoms with Crippen molar-refractivity contribution in [3.8, 4) is 11.4 Å². The number of nitrogens with zero attached hydrogens (tertiary/aromatic N) is 2. The van der Waals surface area contributed by atoms with Crippen molar-refractivity contribution in [2.75, 3.05) is 7.11 Å². The smallest absolute Gasteiger partial charge is 0.244 e. The summed E-state index contributed by atoms with van der Waals surface area (Å²) >= 11 is 0. The first-order valence-corrected chi connectivity index (χ1v) is 11.0. The number of halogens is 2. The Kier molecular flexibility index (Phi) is 5.97. The van der Waals surface area contributed by atoms with Gasteiger partial charge in [-0.25, -0.2) is 8.78 Å². The second-order valence-electron chi connectivity index (χ2n) is 8.00. The fraction of sp³-hybridized carbons (Fsp3) is 0.0714. The van der Waals surface area contributed by atoms with Gasteiger partial charge in [-0.2, -0.15) is 0 Å². The minimum Gasteiger partial charge on any atom is -0.497 e. The number of para-hydroxylation sites is 1. The number of aromatic nitrogens is 2. The molecule has 0 spiro atoms. The number of hydrogen-bond donors (Lipinski definition) is 1. The summed E-state index contributed by atoms with van der Waals surface area (Å²) in [5, 5.41) is 4.85. The SMILES string of the molecule is COc1ccc(-n2c3ccccc3c3cc(CNC(=O)/C=C/c4cc(F)cc(F)c4)ncc32)cc1. The molecule has 0 saturated heterocycles. The molecule has 0 fully saturated rings. The molecule has 0 saturated carbocycles. The topological polar surface area (TPSA) is 56.1 Å². The molecule has 1 amide bonds. The normalized spacial score (nSPS) is 11.4. The summed E-state index contributed by atoms with van der Waals surface area (Å²) in [4.78, 5) is 16.8. The van der Waals surface area contributed by atoms with Gasteiger partial charge in [0.1, 0.15) is 17.4 Å². The van der Waals surface area contributed by atoms with E-state index in [1.165, 1.54) is 12.2 Å². The van der Waals surface area contributed by atoms with Crippen LogP contribution in [0.5, 0.6) is 5.75 Å². The Hall–Kier alpha value is -4.52. The summed E-state index contributed by atoms with van der Waals surface area (Å²) in [7, 11) is 1.64. The van der Waals surface area contributed by atoms with E-state index < -0.39 is 17.5 Å². The average Bonchev–Trinajstić information content (AvgIpc) is 3.19. The van der Waals surface area contributed by atoms with Gasteiger partial charge in [0.05, 0.1) is 36.6 Å². The maximum absolute atomic E-state index is 13.3. The van der Waals surface area contributed by atoms with E-state index in [4.69, 9.17) is 4.74 Å². The molecule has 0 radical (unpaired) electrons. The monoisotopic (exact) mass is 469 g/mol. The summed E-state index contributed by atoms with van der Waals surface area (Å²) in [5.41, 5.74) is 3.93. The molecule has 2 aromatic heterocycles. The highest BCUT2D eigenvalue weighted by molar-refractivity contribution is 6.09. The Balaban J connectivity index is 1.41. The van der Waals surface area contributed by atoms with Gasteiger partial charge in [0.15, 0.2) is 0 Å². The van der Waals surface area contributed by atoms with E-state index in [-0.39, 0.29) is 12.1 Å². The minimum absolute atomic E-state index is 0.207. The van der Waals surface area contributed by atoms with Gasteiger partial charge in [0.25, 0.3) is 0 Å². The van der Waals surface area contributed by atoms with E-state index in [1.54, 1.807) is 13.3 Å². The van der Waals surface area contributed by atoms with E-state index in [1.807, 2.05) is 42.5 Å². The van der Waals surface area contributed by atoms with Gasteiger partial charge in [-0.1, -0.05) is 18.2 Å². The fourth-order valence-corrected chi connectivity index (χ4v) is 4.10. The first-order valence-electron chi connectivity index (χ1n) is 11.0. The average molecular weight is 469 g/mol. The van der Waals surface area contributed by atoms with Crippen LogP contribution in [0.15, 0.2) is 85.1 Å². The molecule has 0 aliphatic carbocycles. The maximum atomic E-state index is 13.3. The van der Waals surface area contributed by atoms with Gasteiger partial charge < -0.3 is 14.6 Å². The molecule has 0 atom stereocenters. The predicted octanol–water partition coefficient (Wildman–Crippen LogP) is 5.80. The molecule has 3 aromatic carbocycles. The van der Waals surface area contributed by atoms with Crippen molar-refractivity contribution in [2.45, 2.75) is 6.54 Å². The van der Waals surface area contributed by atoms with Crippen LogP contribution >= 0.6 is 0 Å². The number of nitrogens with one attached hydrogen (secondary N) is 1. The molecule has 0 aliphatic rings. The van der Waals surface area contributed by atoms with Crippen LogP contribution in [-0.4, -0.2) is 22.6 Å². The lowest BCUT2D eigenvalue weighted by molar-refractivity contribution is -0.116. The Morgan fingerprint density at radius 3 is 2.46 bits per heavy atom. The van der Waals surface area contributed by atoms with Gasteiger partial charge in [-0.15, -0.1) is 0 Å². The van der Waals surface area contributed by atoms with E-state index in [0.717, 1.165) is 51.4 Å². The molecule has 2 heterocycles. The second-order valence-corrected chi connectivity index (χ2v) is 8.00. The first-order chi connectivity index (χ1) is 17.0. The van der Waals surface area contributed by atoms with E-state index in [0.29, 0.717) is 5.69 Å². The molecule has 5 rings (SSSR count). The summed E-state index contributed by atoms with van der Waals surface area (Å²) in [6.45, 7) is 0.207. The zero-order valence-electron chi connectivity index (χ0n) is 18.8. The zero-order valence-corrected chi connectivity index (χ0v) is 18.8. The number of amides is 1. The standard InChI is InChI=1S/C28H21F2N3O2/c1-35-23-9-7-22(8-10-23)33-26-5-3-2-4-24(26)25-15-21(31-17-27(25)33)16-32-28(34)11-6-18-12-19(29)14-20(30)13-18/h2-15,17H,16H2,1H3,(H,32,34)/b11-6+. The highest BCUT2D eigenvalue weighted by Gasteiger charge is 2.13. The number of carbonyl (C=O) groups is 1. The second kappa shape index (κ2) is 9.38. The lowest BCUT2D eigenvalue weighted by Gasteiger charge is -2.09. The first kappa shape index (κ1) is 22.3. The van der Waals surface area contributed by atoms with Crippen molar-refractivity contribution in [2.24, 2.45) is 0 Å². The van der Waals surface area contributed by atoms with Gasteiger partial charge in [0, 0.05) is 28.6 Å². The van der Waals surface area contributed by atoms with Crippen LogP contribution in [0.4, 0.5) is 8.78 Å². The van der Waals surface area contributed by atoms with E-state index in [9.17, 15) is 13.6 Å². The van der Waals surface area contributed by atoms with Crippen molar-refractivity contribution in [3.63, 3.8) is 0 Å². The summed E-state index contributed by atoms with van der Waals surface area (Å²) < 4.78 is 34.1. The molecule has 5 nitrogen and oxygen atoms in total. The van der Waals surface area contributed by atoms with E-state index >= 15 is 0 Å². The molecule has 5 aromatic rings. The number of pyridine rings is 1. The fourth-order valence-electron chi connectivity index (χ4n) is 4.10. The van der Waals surface area contributed by atoms with Crippen LogP contribution in [-0.2, 0) is 11.3 Å². The van der Waals surface area contributed by atoms with Gasteiger partial charge >= 0.3 is 0 Å². The molecule has 174 valence electrons. The van der Waals surface area contributed by atoms with Crippen molar-refractivity contribution in [1.82, 2.24) is 14.9 Å². The largest absolute Gasteiger partial charge is 0.497 e. The summed E-state index contributed by atoms with van der Waals surface area (Å²) in [5.74, 6) is -1.01. The quantitative estimate of drug-likeness (QED) is 0.320. The molecular weight excluding hydrogens is 448 g/mol. The third kappa shape index (κ3) is 4.61. The predicted molar refractivity (Wildman–Crippen MR) is 132 cm³/mol. The third-order valence-corrected chi connectivity index (χ3v) is 5.70. The Morgan fingerprint density at radius 1 is 0.971 bits per heavy atom. The molecule has 7 heteroatoms.